The standard InChI is InChI=1S/C18H25O5P/c1-18-9-8-14-13-5-3-12(19)10-11(13)2-4-15(14)16(18)6-7-17(18)23-24(20,21)22/h3,5,10,14-17,19H,2,4,6-9H2,1H3,(H2,20,21,22)/t14-,15+,16+,17-,18-/m0/s1. The Labute approximate surface area is 142 Å². The van der Waals surface area contributed by atoms with E-state index in [4.69, 9.17) is 4.52 Å². The summed E-state index contributed by atoms with van der Waals surface area (Å²) in [7, 11) is -4.44. The molecule has 0 spiro atoms. The molecule has 0 heterocycles. The van der Waals surface area contributed by atoms with Gasteiger partial charge in [-0.05, 0) is 85.0 Å². The van der Waals surface area contributed by atoms with E-state index in [1.807, 2.05) is 6.07 Å². The Bertz CT molecular complexity index is 699. The van der Waals surface area contributed by atoms with Gasteiger partial charge in [0.15, 0.2) is 0 Å². The highest BCUT2D eigenvalue weighted by Gasteiger charge is 2.56. The van der Waals surface area contributed by atoms with Crippen molar-refractivity contribution in [2.45, 2.75) is 57.5 Å². The van der Waals surface area contributed by atoms with Gasteiger partial charge in [-0.1, -0.05) is 13.0 Å². The molecule has 0 aliphatic heterocycles. The van der Waals surface area contributed by atoms with Crippen LogP contribution in [0.25, 0.3) is 0 Å². The molecule has 5 nitrogen and oxygen atoms in total. The first-order valence-corrected chi connectivity index (χ1v) is 10.4. The summed E-state index contributed by atoms with van der Waals surface area (Å²) in [6.45, 7) is 2.16. The van der Waals surface area contributed by atoms with Crippen LogP contribution in [-0.2, 0) is 15.5 Å². The number of aromatic hydroxyl groups is 1. The number of rotatable bonds is 2. The van der Waals surface area contributed by atoms with Gasteiger partial charge in [0.1, 0.15) is 5.75 Å². The zero-order valence-corrected chi connectivity index (χ0v) is 14.8. The number of phosphoric ester groups is 1. The molecule has 2 fully saturated rings. The normalized spacial score (nSPS) is 38.3. The molecule has 132 valence electrons. The number of aryl methyl sites for hydroxylation is 1. The molecule has 1 aromatic rings. The van der Waals surface area contributed by atoms with Crippen molar-refractivity contribution in [3.8, 4) is 5.75 Å². The molecule has 5 atom stereocenters. The SMILES string of the molecule is C[C@]12CC[C@H]3c4ccc(O)cc4CC[C@H]3[C@H]1CC[C@@H]2OP(=O)(O)O. The highest BCUT2D eigenvalue weighted by Crippen LogP contribution is 2.63. The van der Waals surface area contributed by atoms with Gasteiger partial charge in [0.05, 0.1) is 6.10 Å². The van der Waals surface area contributed by atoms with Crippen molar-refractivity contribution >= 4 is 7.82 Å². The number of hydrogen-bond acceptors (Lipinski definition) is 3. The van der Waals surface area contributed by atoms with Gasteiger partial charge in [0.2, 0.25) is 0 Å². The van der Waals surface area contributed by atoms with Crippen molar-refractivity contribution in [2.24, 2.45) is 17.3 Å². The van der Waals surface area contributed by atoms with E-state index < -0.39 is 7.82 Å². The van der Waals surface area contributed by atoms with Crippen LogP contribution in [0.4, 0.5) is 0 Å². The van der Waals surface area contributed by atoms with E-state index in [9.17, 15) is 19.5 Å². The van der Waals surface area contributed by atoms with Gasteiger partial charge < -0.3 is 14.9 Å². The number of phenolic OH excluding ortho intramolecular Hbond substituents is 1. The second-order valence-corrected chi connectivity index (χ2v) is 9.20. The zero-order valence-electron chi connectivity index (χ0n) is 13.9. The third kappa shape index (κ3) is 2.62. The third-order valence-electron chi connectivity index (χ3n) is 6.89. The molecule has 0 amide bonds. The minimum Gasteiger partial charge on any atom is -0.508 e. The number of hydrogen-bond donors (Lipinski definition) is 3. The fourth-order valence-corrected chi connectivity index (χ4v) is 6.54. The van der Waals surface area contributed by atoms with E-state index in [0.717, 1.165) is 38.5 Å². The fourth-order valence-electron chi connectivity index (χ4n) is 5.86. The number of phosphoric acid groups is 1. The van der Waals surface area contributed by atoms with Crippen molar-refractivity contribution in [3.05, 3.63) is 29.3 Å². The Balaban J connectivity index is 1.62. The number of fused-ring (bicyclic) bond motifs is 5. The maximum atomic E-state index is 11.3. The maximum absolute atomic E-state index is 11.3. The minimum absolute atomic E-state index is 0.142. The highest BCUT2D eigenvalue weighted by molar-refractivity contribution is 7.46. The average molecular weight is 352 g/mol. The van der Waals surface area contributed by atoms with Crippen molar-refractivity contribution < 1.29 is 24.0 Å². The van der Waals surface area contributed by atoms with Crippen molar-refractivity contribution in [3.63, 3.8) is 0 Å². The molecule has 3 aliphatic rings. The molecule has 6 heteroatoms. The Hall–Kier alpha value is -0.870. The molecule has 0 aromatic heterocycles. The van der Waals surface area contributed by atoms with E-state index in [0.29, 0.717) is 23.5 Å². The Morgan fingerprint density at radius 1 is 1.21 bits per heavy atom. The van der Waals surface area contributed by atoms with Gasteiger partial charge in [0.25, 0.3) is 0 Å². The fraction of sp³-hybridized carbons (Fsp3) is 0.667. The Morgan fingerprint density at radius 3 is 2.75 bits per heavy atom. The summed E-state index contributed by atoms with van der Waals surface area (Å²) < 4.78 is 16.5. The summed E-state index contributed by atoms with van der Waals surface area (Å²) in [6, 6.07) is 5.75. The first kappa shape index (κ1) is 16.6. The monoisotopic (exact) mass is 352 g/mol. The lowest BCUT2D eigenvalue weighted by molar-refractivity contribution is -0.0217. The second-order valence-electron chi connectivity index (χ2n) is 8.01. The van der Waals surface area contributed by atoms with Gasteiger partial charge >= 0.3 is 7.82 Å². The van der Waals surface area contributed by atoms with Gasteiger partial charge in [0, 0.05) is 0 Å². The quantitative estimate of drug-likeness (QED) is 0.706. The predicted molar refractivity (Wildman–Crippen MR) is 89.6 cm³/mol. The predicted octanol–water partition coefficient (Wildman–Crippen LogP) is 3.73. The molecular formula is C18H25O5P. The molecule has 2 saturated carbocycles. The number of phenols is 1. The van der Waals surface area contributed by atoms with Crippen molar-refractivity contribution in [1.29, 1.82) is 0 Å². The van der Waals surface area contributed by atoms with Crippen LogP contribution in [0, 0.1) is 17.3 Å². The van der Waals surface area contributed by atoms with E-state index >= 15 is 0 Å². The van der Waals surface area contributed by atoms with Gasteiger partial charge in [-0.25, -0.2) is 4.57 Å². The minimum atomic E-state index is -4.44. The molecular weight excluding hydrogens is 327 g/mol. The molecule has 24 heavy (non-hydrogen) atoms. The van der Waals surface area contributed by atoms with Crippen LogP contribution in [-0.4, -0.2) is 21.0 Å². The molecule has 3 N–H and O–H groups in total. The molecule has 0 bridgehead atoms. The van der Waals surface area contributed by atoms with Crippen LogP contribution < -0.4 is 0 Å². The van der Waals surface area contributed by atoms with Gasteiger partial charge in [-0.15, -0.1) is 0 Å². The summed E-state index contributed by atoms with van der Waals surface area (Å²) in [4.78, 5) is 18.5. The average Bonchev–Trinajstić information content (AvgIpc) is 2.82. The molecule has 3 aliphatic carbocycles. The van der Waals surface area contributed by atoms with Crippen LogP contribution in [0.3, 0.4) is 0 Å². The smallest absolute Gasteiger partial charge is 0.469 e. The Kier molecular flexibility index (Phi) is 3.85. The van der Waals surface area contributed by atoms with E-state index in [1.54, 1.807) is 6.07 Å². The molecule has 0 unspecified atom stereocenters. The largest absolute Gasteiger partial charge is 0.508 e. The molecule has 4 rings (SSSR count). The third-order valence-corrected chi connectivity index (χ3v) is 7.42. The van der Waals surface area contributed by atoms with Crippen molar-refractivity contribution in [2.75, 3.05) is 0 Å². The lowest BCUT2D eigenvalue weighted by Crippen LogP contribution is -2.44. The first-order valence-electron chi connectivity index (χ1n) is 8.84. The topological polar surface area (TPSA) is 87.0 Å². The van der Waals surface area contributed by atoms with E-state index in [2.05, 4.69) is 13.0 Å². The zero-order chi connectivity index (χ0) is 17.1. The summed E-state index contributed by atoms with van der Waals surface area (Å²) >= 11 is 0. The van der Waals surface area contributed by atoms with E-state index in [1.165, 1.54) is 11.1 Å². The van der Waals surface area contributed by atoms with Crippen molar-refractivity contribution in [1.82, 2.24) is 0 Å². The lowest BCUT2D eigenvalue weighted by Gasteiger charge is -2.50. The molecule has 0 radical (unpaired) electrons. The van der Waals surface area contributed by atoms with Crippen LogP contribution >= 0.6 is 7.82 Å². The molecule has 1 aromatic carbocycles. The van der Waals surface area contributed by atoms with Gasteiger partial charge in [-0.3, -0.25) is 4.52 Å². The van der Waals surface area contributed by atoms with E-state index in [-0.39, 0.29) is 11.5 Å². The molecule has 0 saturated heterocycles. The van der Waals surface area contributed by atoms with Gasteiger partial charge in [-0.2, -0.15) is 0 Å². The summed E-state index contributed by atoms with van der Waals surface area (Å²) in [5, 5.41) is 9.73. The van der Waals surface area contributed by atoms with Crippen LogP contribution in [0.15, 0.2) is 18.2 Å². The number of benzene rings is 1. The van der Waals surface area contributed by atoms with Crippen LogP contribution in [0.1, 0.15) is 56.1 Å². The second kappa shape index (κ2) is 5.57. The maximum Gasteiger partial charge on any atom is 0.469 e. The highest BCUT2D eigenvalue weighted by atomic mass is 31.2. The Morgan fingerprint density at radius 2 is 2.00 bits per heavy atom. The lowest BCUT2D eigenvalue weighted by atomic mass is 9.55. The summed E-state index contributed by atoms with van der Waals surface area (Å²) in [6.07, 6.45) is 5.39. The van der Waals surface area contributed by atoms with Crippen LogP contribution in [0.2, 0.25) is 0 Å². The summed E-state index contributed by atoms with van der Waals surface area (Å²) in [5.74, 6) is 1.84. The summed E-state index contributed by atoms with van der Waals surface area (Å²) in [5.41, 5.74) is 2.49. The van der Waals surface area contributed by atoms with Crippen LogP contribution in [0.5, 0.6) is 5.75 Å². The first-order chi connectivity index (χ1) is 11.3.